The van der Waals surface area contributed by atoms with Crippen LogP contribution >= 0.6 is 11.6 Å². The van der Waals surface area contributed by atoms with Crippen molar-refractivity contribution in [2.45, 2.75) is 4.90 Å². The molecule has 1 aromatic heterocycles. The second-order valence-corrected chi connectivity index (χ2v) is 5.91. The monoisotopic (exact) mass is 305 g/mol. The van der Waals surface area contributed by atoms with E-state index in [0.717, 1.165) is 4.90 Å². The van der Waals surface area contributed by atoms with Gasteiger partial charge in [-0.25, -0.2) is 4.98 Å². The molecule has 0 saturated heterocycles. The molecular weight excluding hydrogens is 294 g/mol. The molecule has 0 radical (unpaired) electrons. The van der Waals surface area contributed by atoms with E-state index >= 15 is 0 Å². The Labute approximate surface area is 124 Å². The van der Waals surface area contributed by atoms with Crippen LogP contribution in [0.3, 0.4) is 0 Å². The van der Waals surface area contributed by atoms with Gasteiger partial charge in [-0.2, -0.15) is 5.26 Å². The van der Waals surface area contributed by atoms with Gasteiger partial charge in [0.1, 0.15) is 11.9 Å². The topological polar surface area (TPSA) is 65.8 Å². The fraction of sp³-hybridized carbons (Fsp3) is 0.143. The third-order valence-corrected chi connectivity index (χ3v) is 4.23. The number of benzene rings is 1. The predicted molar refractivity (Wildman–Crippen MR) is 80.2 cm³/mol. The van der Waals surface area contributed by atoms with Gasteiger partial charge in [0.15, 0.2) is 5.69 Å². The third-order valence-electron chi connectivity index (χ3n) is 2.55. The van der Waals surface area contributed by atoms with Crippen LogP contribution in [0.15, 0.2) is 47.4 Å². The quantitative estimate of drug-likeness (QED) is 0.922. The van der Waals surface area contributed by atoms with E-state index in [4.69, 9.17) is 16.9 Å². The summed E-state index contributed by atoms with van der Waals surface area (Å²) in [4.78, 5) is 4.86. The molecule has 0 fully saturated rings. The zero-order valence-corrected chi connectivity index (χ0v) is 12.1. The molecule has 1 heterocycles. The molecule has 6 heteroatoms. The first-order valence-corrected chi connectivity index (χ1v) is 7.64. The summed E-state index contributed by atoms with van der Waals surface area (Å²) in [5.74, 6) is 1.02. The third kappa shape index (κ3) is 3.80. The van der Waals surface area contributed by atoms with Crippen molar-refractivity contribution in [2.24, 2.45) is 0 Å². The molecule has 1 aromatic carbocycles. The summed E-state index contributed by atoms with van der Waals surface area (Å²) in [5.41, 5.74) is 0.181. The van der Waals surface area contributed by atoms with Crippen molar-refractivity contribution in [3.8, 4) is 6.07 Å². The van der Waals surface area contributed by atoms with Crippen LogP contribution < -0.4 is 5.32 Å². The Bertz CT molecular complexity index is 655. The number of aromatic nitrogens is 1. The first-order valence-electron chi connectivity index (χ1n) is 5.94. The number of halogens is 1. The lowest BCUT2D eigenvalue weighted by Gasteiger charge is -2.06. The molecular formula is C14H12ClN3OS. The number of nitrogens with one attached hydrogen (secondary N) is 1. The highest BCUT2D eigenvalue weighted by molar-refractivity contribution is 7.85. The number of rotatable bonds is 5. The maximum absolute atomic E-state index is 12.0. The first-order chi connectivity index (χ1) is 9.70. The van der Waals surface area contributed by atoms with E-state index in [-0.39, 0.29) is 5.69 Å². The smallest absolute Gasteiger partial charge is 0.161 e. The van der Waals surface area contributed by atoms with Gasteiger partial charge in [-0.1, -0.05) is 29.8 Å². The lowest BCUT2D eigenvalue weighted by atomic mass is 10.3. The van der Waals surface area contributed by atoms with Crippen LogP contribution in [-0.4, -0.2) is 21.5 Å². The van der Waals surface area contributed by atoms with Gasteiger partial charge in [0, 0.05) is 17.2 Å². The number of pyridine rings is 1. The molecule has 1 unspecified atom stereocenters. The van der Waals surface area contributed by atoms with Crippen LogP contribution in [0, 0.1) is 11.3 Å². The summed E-state index contributed by atoms with van der Waals surface area (Å²) in [6, 6.07) is 14.5. The van der Waals surface area contributed by atoms with Gasteiger partial charge in [-0.3, -0.25) is 4.21 Å². The molecule has 0 saturated carbocycles. The Morgan fingerprint density at radius 1 is 1.25 bits per heavy atom. The number of nitriles is 1. The van der Waals surface area contributed by atoms with Crippen molar-refractivity contribution in [1.82, 2.24) is 4.98 Å². The van der Waals surface area contributed by atoms with E-state index in [1.807, 2.05) is 36.4 Å². The average molecular weight is 306 g/mol. The number of hydrogen-bond donors (Lipinski definition) is 1. The second kappa shape index (κ2) is 7.04. The fourth-order valence-corrected chi connectivity index (χ4v) is 2.71. The highest BCUT2D eigenvalue weighted by atomic mass is 35.5. The van der Waals surface area contributed by atoms with Gasteiger partial charge in [0.25, 0.3) is 0 Å². The van der Waals surface area contributed by atoms with Crippen LogP contribution in [-0.2, 0) is 10.8 Å². The van der Waals surface area contributed by atoms with E-state index in [1.54, 1.807) is 12.1 Å². The molecule has 0 spiro atoms. The Kier molecular flexibility index (Phi) is 5.10. The Morgan fingerprint density at radius 3 is 2.70 bits per heavy atom. The zero-order chi connectivity index (χ0) is 14.4. The molecule has 0 aliphatic rings. The van der Waals surface area contributed by atoms with Crippen molar-refractivity contribution in [2.75, 3.05) is 17.6 Å². The minimum absolute atomic E-state index is 0.181. The van der Waals surface area contributed by atoms with E-state index in [0.29, 0.717) is 23.1 Å². The molecule has 1 atom stereocenters. The van der Waals surface area contributed by atoms with Gasteiger partial charge in [-0.05, 0) is 24.3 Å². The van der Waals surface area contributed by atoms with Crippen LogP contribution in [0.2, 0.25) is 5.02 Å². The van der Waals surface area contributed by atoms with Crippen molar-refractivity contribution in [3.05, 3.63) is 53.2 Å². The normalized spacial score (nSPS) is 11.6. The van der Waals surface area contributed by atoms with Gasteiger partial charge in [-0.15, -0.1) is 0 Å². The highest BCUT2D eigenvalue weighted by Gasteiger charge is 2.05. The molecule has 0 amide bonds. The van der Waals surface area contributed by atoms with E-state index in [2.05, 4.69) is 10.3 Å². The van der Waals surface area contributed by atoms with E-state index < -0.39 is 10.8 Å². The summed E-state index contributed by atoms with van der Waals surface area (Å²) in [5, 5.41) is 12.2. The van der Waals surface area contributed by atoms with Crippen molar-refractivity contribution < 1.29 is 4.21 Å². The van der Waals surface area contributed by atoms with E-state index in [9.17, 15) is 4.21 Å². The van der Waals surface area contributed by atoms with Gasteiger partial charge >= 0.3 is 0 Å². The van der Waals surface area contributed by atoms with Crippen molar-refractivity contribution in [1.29, 1.82) is 5.26 Å². The minimum atomic E-state index is -1.05. The number of nitrogens with zero attached hydrogens (tertiary/aromatic N) is 2. The standard InChI is InChI=1S/C14H12ClN3OS/c15-12-6-7-14(18-13(12)10-16)17-8-9-20(19)11-4-2-1-3-5-11/h1-7H,8-9H2,(H,17,18). The first kappa shape index (κ1) is 14.5. The lowest BCUT2D eigenvalue weighted by molar-refractivity contribution is 0.683. The maximum atomic E-state index is 12.0. The molecule has 0 bridgehead atoms. The van der Waals surface area contributed by atoms with Crippen LogP contribution in [0.5, 0.6) is 0 Å². The second-order valence-electron chi connectivity index (χ2n) is 3.93. The predicted octanol–water partition coefficient (Wildman–Crippen LogP) is 2.83. The van der Waals surface area contributed by atoms with Crippen molar-refractivity contribution >= 4 is 28.2 Å². The summed E-state index contributed by atoms with van der Waals surface area (Å²) in [6.07, 6.45) is 0. The lowest BCUT2D eigenvalue weighted by Crippen LogP contribution is -2.12. The Balaban J connectivity index is 1.91. The Hall–Kier alpha value is -1.90. The van der Waals surface area contributed by atoms with Gasteiger partial charge in [0.2, 0.25) is 0 Å². The SMILES string of the molecule is N#Cc1nc(NCCS(=O)c2ccccc2)ccc1Cl. The zero-order valence-electron chi connectivity index (χ0n) is 10.5. The molecule has 4 nitrogen and oxygen atoms in total. The highest BCUT2D eigenvalue weighted by Crippen LogP contribution is 2.15. The number of hydrogen-bond acceptors (Lipinski definition) is 4. The maximum Gasteiger partial charge on any atom is 0.161 e. The van der Waals surface area contributed by atoms with Gasteiger partial charge in [0.05, 0.1) is 15.8 Å². The molecule has 102 valence electrons. The average Bonchev–Trinajstić information content (AvgIpc) is 2.49. The molecule has 0 aliphatic carbocycles. The Morgan fingerprint density at radius 2 is 2.00 bits per heavy atom. The summed E-state index contributed by atoms with van der Waals surface area (Å²) in [6.45, 7) is 0.501. The van der Waals surface area contributed by atoms with Crippen molar-refractivity contribution in [3.63, 3.8) is 0 Å². The molecule has 2 aromatic rings. The fourth-order valence-electron chi connectivity index (χ4n) is 1.58. The van der Waals surface area contributed by atoms with E-state index in [1.165, 1.54) is 0 Å². The largest absolute Gasteiger partial charge is 0.369 e. The molecule has 0 aliphatic heterocycles. The van der Waals surface area contributed by atoms with Crippen LogP contribution in [0.1, 0.15) is 5.69 Å². The minimum Gasteiger partial charge on any atom is -0.369 e. The summed E-state index contributed by atoms with van der Waals surface area (Å²) < 4.78 is 12.0. The summed E-state index contributed by atoms with van der Waals surface area (Å²) >= 11 is 5.80. The summed E-state index contributed by atoms with van der Waals surface area (Å²) in [7, 11) is -1.05. The molecule has 20 heavy (non-hydrogen) atoms. The van der Waals surface area contributed by atoms with Crippen LogP contribution in [0.4, 0.5) is 5.82 Å². The van der Waals surface area contributed by atoms with Gasteiger partial charge < -0.3 is 5.32 Å². The molecule has 1 N–H and O–H groups in total. The number of anilines is 1. The van der Waals surface area contributed by atoms with Crippen LogP contribution in [0.25, 0.3) is 0 Å². The molecule has 2 rings (SSSR count).